The van der Waals surface area contributed by atoms with Crippen LogP contribution in [0.4, 0.5) is 24.9 Å². The van der Waals surface area contributed by atoms with Crippen molar-refractivity contribution in [3.05, 3.63) is 41.2 Å². The number of methoxy groups -OCH3 is 1. The van der Waals surface area contributed by atoms with E-state index < -0.39 is 17.7 Å². The lowest BCUT2D eigenvalue weighted by Crippen LogP contribution is -2.18. The Morgan fingerprint density at radius 1 is 1.18 bits per heavy atom. The third-order valence-corrected chi connectivity index (χ3v) is 5.89. The van der Waals surface area contributed by atoms with Crippen molar-refractivity contribution < 1.29 is 22.7 Å². The zero-order chi connectivity index (χ0) is 23.6. The monoisotopic (exact) mass is 462 g/mol. The number of imidazole rings is 1. The van der Waals surface area contributed by atoms with Crippen LogP contribution in [-0.4, -0.2) is 46.2 Å². The van der Waals surface area contributed by atoms with Crippen molar-refractivity contribution in [1.82, 2.24) is 19.5 Å². The van der Waals surface area contributed by atoms with Gasteiger partial charge in [-0.15, -0.1) is 0 Å². The maximum absolute atomic E-state index is 12.9. The third kappa shape index (κ3) is 4.86. The highest BCUT2D eigenvalue weighted by molar-refractivity contribution is 5.92. The molecule has 3 aromatic rings. The number of nitrogens with one attached hydrogen (secondary N) is 2. The van der Waals surface area contributed by atoms with E-state index >= 15 is 0 Å². The number of alkyl halides is 3. The molecule has 1 aliphatic carbocycles. The van der Waals surface area contributed by atoms with E-state index in [0.29, 0.717) is 35.3 Å². The highest BCUT2D eigenvalue weighted by Crippen LogP contribution is 2.31. The smallest absolute Gasteiger partial charge is 0.416 e. The Balaban J connectivity index is 1.71. The first-order chi connectivity index (χ1) is 15.8. The zero-order valence-corrected chi connectivity index (χ0v) is 18.4. The van der Waals surface area contributed by atoms with Crippen molar-refractivity contribution >= 4 is 28.9 Å². The number of ether oxygens (including phenoxy) is 1. The number of anilines is 2. The van der Waals surface area contributed by atoms with Gasteiger partial charge in [-0.05, 0) is 30.0 Å². The number of esters is 1. The largest absolute Gasteiger partial charge is 0.463 e. The first kappa shape index (κ1) is 22.8. The van der Waals surface area contributed by atoms with Gasteiger partial charge in [0.2, 0.25) is 11.8 Å². The molecule has 0 atom stereocenters. The summed E-state index contributed by atoms with van der Waals surface area (Å²) in [5, 5.41) is 6.29. The third-order valence-electron chi connectivity index (χ3n) is 5.89. The molecule has 0 saturated heterocycles. The molecular formula is C22H25F3N6O2. The number of aromatic nitrogens is 4. The lowest BCUT2D eigenvalue weighted by atomic mass is 9.83. The molecule has 0 aliphatic heterocycles. The summed E-state index contributed by atoms with van der Waals surface area (Å²) in [6.07, 6.45) is 0.255. The average molecular weight is 462 g/mol. The van der Waals surface area contributed by atoms with Gasteiger partial charge in [0.1, 0.15) is 5.52 Å². The number of benzene rings is 1. The minimum absolute atomic E-state index is 0.113. The topological polar surface area (TPSA) is 94.0 Å². The van der Waals surface area contributed by atoms with Crippen molar-refractivity contribution in [2.24, 2.45) is 5.92 Å². The van der Waals surface area contributed by atoms with Crippen molar-refractivity contribution in [2.75, 3.05) is 31.3 Å². The Labute approximate surface area is 188 Å². The SMILES string of the molecule is CNc1nc2nc(C(=O)OC)nc(NCCC3CCC3)c2n1Cc1ccc(C(F)(F)F)cc1. The molecule has 176 valence electrons. The predicted octanol–water partition coefficient (Wildman–Crippen LogP) is 4.32. The van der Waals surface area contributed by atoms with Crippen molar-refractivity contribution in [3.8, 4) is 0 Å². The Bertz CT molecular complexity index is 1140. The standard InChI is InChI=1S/C22H25F3N6O2/c1-26-21-30-18-16(31(21)12-14-6-8-15(9-7-14)22(23,24)25)17(27-11-10-13-4-3-5-13)28-19(29-18)20(32)33-2/h6-9,13H,3-5,10-12H2,1-2H3,(H2,26,27,28,29,30). The number of rotatable bonds is 8. The van der Waals surface area contributed by atoms with Crippen molar-refractivity contribution in [2.45, 2.75) is 38.4 Å². The van der Waals surface area contributed by atoms with Crippen LogP contribution in [0.15, 0.2) is 24.3 Å². The summed E-state index contributed by atoms with van der Waals surface area (Å²) >= 11 is 0. The second-order valence-electron chi connectivity index (χ2n) is 8.04. The highest BCUT2D eigenvalue weighted by Gasteiger charge is 2.30. The van der Waals surface area contributed by atoms with Gasteiger partial charge in [-0.3, -0.25) is 0 Å². The molecule has 2 N–H and O–H groups in total. The van der Waals surface area contributed by atoms with E-state index in [9.17, 15) is 18.0 Å². The van der Waals surface area contributed by atoms with Gasteiger partial charge >= 0.3 is 12.1 Å². The molecule has 0 radical (unpaired) electrons. The normalized spacial score (nSPS) is 14.2. The molecule has 0 spiro atoms. The zero-order valence-electron chi connectivity index (χ0n) is 18.4. The Morgan fingerprint density at radius 3 is 2.48 bits per heavy atom. The number of carbonyl (C=O) groups excluding carboxylic acids is 1. The van der Waals surface area contributed by atoms with Gasteiger partial charge in [-0.25, -0.2) is 14.8 Å². The van der Waals surface area contributed by atoms with E-state index in [4.69, 9.17) is 4.74 Å². The second-order valence-corrected chi connectivity index (χ2v) is 8.04. The number of nitrogens with zero attached hydrogens (tertiary/aromatic N) is 4. The lowest BCUT2D eigenvalue weighted by molar-refractivity contribution is -0.137. The van der Waals surface area contributed by atoms with Crippen LogP contribution in [0.5, 0.6) is 0 Å². The minimum Gasteiger partial charge on any atom is -0.463 e. The Hall–Kier alpha value is -3.37. The summed E-state index contributed by atoms with van der Waals surface area (Å²) < 4.78 is 45.3. The molecule has 1 saturated carbocycles. The number of hydrogen-bond acceptors (Lipinski definition) is 7. The van der Waals surface area contributed by atoms with Crippen LogP contribution in [-0.2, 0) is 17.5 Å². The molecule has 1 aromatic carbocycles. The van der Waals surface area contributed by atoms with Crippen LogP contribution < -0.4 is 10.6 Å². The summed E-state index contributed by atoms with van der Waals surface area (Å²) in [7, 11) is 2.94. The molecule has 0 bridgehead atoms. The van der Waals surface area contributed by atoms with Crippen molar-refractivity contribution in [1.29, 1.82) is 0 Å². The fraction of sp³-hybridized carbons (Fsp3) is 0.455. The van der Waals surface area contributed by atoms with Crippen LogP contribution in [0, 0.1) is 5.92 Å². The molecule has 11 heteroatoms. The molecule has 2 aromatic heterocycles. The van der Waals surface area contributed by atoms with Crippen LogP contribution in [0.3, 0.4) is 0 Å². The van der Waals surface area contributed by atoms with Crippen LogP contribution in [0.25, 0.3) is 11.2 Å². The minimum atomic E-state index is -4.40. The van der Waals surface area contributed by atoms with Crippen LogP contribution in [0.1, 0.15) is 47.4 Å². The molecule has 33 heavy (non-hydrogen) atoms. The maximum atomic E-state index is 12.9. The molecule has 1 aliphatic rings. The van der Waals surface area contributed by atoms with E-state index in [2.05, 4.69) is 25.6 Å². The second kappa shape index (κ2) is 9.24. The summed E-state index contributed by atoms with van der Waals surface area (Å²) in [6.45, 7) is 0.904. The van der Waals surface area contributed by atoms with Gasteiger partial charge in [0.25, 0.3) is 0 Å². The molecule has 0 unspecified atom stereocenters. The van der Waals surface area contributed by atoms with Gasteiger partial charge in [-0.1, -0.05) is 31.4 Å². The average Bonchev–Trinajstić information content (AvgIpc) is 3.12. The van der Waals surface area contributed by atoms with Crippen LogP contribution >= 0.6 is 0 Å². The summed E-state index contributed by atoms with van der Waals surface area (Å²) in [5.41, 5.74) is 0.782. The number of carbonyl (C=O) groups is 1. The molecule has 0 amide bonds. The lowest BCUT2D eigenvalue weighted by Gasteiger charge is -2.25. The molecule has 4 rings (SSSR count). The maximum Gasteiger partial charge on any atom is 0.416 e. The van der Waals surface area contributed by atoms with E-state index in [-0.39, 0.29) is 18.0 Å². The van der Waals surface area contributed by atoms with Gasteiger partial charge in [-0.2, -0.15) is 18.2 Å². The van der Waals surface area contributed by atoms with Gasteiger partial charge in [0.05, 0.1) is 19.2 Å². The summed E-state index contributed by atoms with van der Waals surface area (Å²) in [4.78, 5) is 25.2. The van der Waals surface area contributed by atoms with Gasteiger partial charge < -0.3 is 19.9 Å². The first-order valence-electron chi connectivity index (χ1n) is 10.7. The number of hydrogen-bond donors (Lipinski definition) is 2. The Morgan fingerprint density at radius 2 is 1.91 bits per heavy atom. The summed E-state index contributed by atoms with van der Waals surface area (Å²) in [5.74, 6) is 0.768. The Kier molecular flexibility index (Phi) is 6.39. The van der Waals surface area contributed by atoms with E-state index in [1.165, 1.54) is 38.5 Å². The van der Waals surface area contributed by atoms with Crippen molar-refractivity contribution in [3.63, 3.8) is 0 Å². The summed E-state index contributed by atoms with van der Waals surface area (Å²) in [6, 6.07) is 4.97. The van der Waals surface area contributed by atoms with E-state index in [1.54, 1.807) is 11.6 Å². The fourth-order valence-electron chi connectivity index (χ4n) is 3.84. The number of halogens is 3. The molecular weight excluding hydrogens is 437 g/mol. The van der Waals surface area contributed by atoms with E-state index in [0.717, 1.165) is 18.6 Å². The first-order valence-corrected chi connectivity index (χ1v) is 10.7. The highest BCUT2D eigenvalue weighted by atomic mass is 19.4. The van der Waals surface area contributed by atoms with Gasteiger partial charge in [0.15, 0.2) is 11.5 Å². The number of fused-ring (bicyclic) bond motifs is 1. The fourth-order valence-corrected chi connectivity index (χ4v) is 3.84. The molecule has 1 fully saturated rings. The van der Waals surface area contributed by atoms with E-state index in [1.807, 2.05) is 0 Å². The molecule has 2 heterocycles. The molecule has 8 nitrogen and oxygen atoms in total. The van der Waals surface area contributed by atoms with Crippen LogP contribution in [0.2, 0.25) is 0 Å². The predicted molar refractivity (Wildman–Crippen MR) is 117 cm³/mol. The quantitative estimate of drug-likeness (QED) is 0.482. The van der Waals surface area contributed by atoms with Gasteiger partial charge in [0, 0.05) is 13.6 Å².